The van der Waals surface area contributed by atoms with Crippen LogP contribution in [0, 0.1) is 0 Å². The molecule has 0 amide bonds. The topological polar surface area (TPSA) is 54.4 Å². The van der Waals surface area contributed by atoms with Crippen molar-refractivity contribution >= 4 is 10.1 Å². The Labute approximate surface area is 56.8 Å². The van der Waals surface area contributed by atoms with E-state index in [1.165, 1.54) is 0 Å². The standard InChI is InChI=1S/C4H6F2O3S/c5-4(6)1-3(2-4)10(7,8)9/h3H,1-2H2,(H,7,8,9). The van der Waals surface area contributed by atoms with E-state index in [9.17, 15) is 17.2 Å². The Balaban J connectivity index is 2.57. The first-order valence-electron chi connectivity index (χ1n) is 2.65. The summed E-state index contributed by atoms with van der Waals surface area (Å²) in [7, 11) is -4.22. The van der Waals surface area contributed by atoms with Gasteiger partial charge in [0.2, 0.25) is 0 Å². The Morgan fingerprint density at radius 2 is 1.80 bits per heavy atom. The highest BCUT2D eigenvalue weighted by molar-refractivity contribution is 7.86. The number of rotatable bonds is 1. The van der Waals surface area contributed by atoms with E-state index in [0.717, 1.165) is 0 Å². The Kier molecular flexibility index (Phi) is 1.48. The lowest BCUT2D eigenvalue weighted by molar-refractivity contribution is -0.0699. The molecule has 0 unspecified atom stereocenters. The number of hydrogen-bond acceptors (Lipinski definition) is 2. The fraction of sp³-hybridized carbons (Fsp3) is 1.00. The van der Waals surface area contributed by atoms with Crippen molar-refractivity contribution < 1.29 is 21.8 Å². The quantitative estimate of drug-likeness (QED) is 0.591. The lowest BCUT2D eigenvalue weighted by Crippen LogP contribution is -2.44. The molecule has 0 spiro atoms. The van der Waals surface area contributed by atoms with Crippen molar-refractivity contribution in [3.8, 4) is 0 Å². The van der Waals surface area contributed by atoms with Crippen molar-refractivity contribution in [2.45, 2.75) is 24.0 Å². The second kappa shape index (κ2) is 1.88. The van der Waals surface area contributed by atoms with Crippen LogP contribution in [0.1, 0.15) is 12.8 Å². The molecule has 0 aliphatic heterocycles. The van der Waals surface area contributed by atoms with Gasteiger partial charge in [0.1, 0.15) is 0 Å². The third kappa shape index (κ3) is 1.43. The molecule has 0 bridgehead atoms. The second-order valence-electron chi connectivity index (χ2n) is 2.40. The molecule has 1 aliphatic carbocycles. The van der Waals surface area contributed by atoms with Gasteiger partial charge in [-0.3, -0.25) is 4.55 Å². The van der Waals surface area contributed by atoms with Crippen LogP contribution in [0.25, 0.3) is 0 Å². The minimum Gasteiger partial charge on any atom is -0.285 e. The van der Waals surface area contributed by atoms with Gasteiger partial charge in [0.05, 0.1) is 5.25 Å². The fourth-order valence-corrected chi connectivity index (χ4v) is 1.73. The molecular weight excluding hydrogens is 166 g/mol. The minimum absolute atomic E-state index is 0.744. The lowest BCUT2D eigenvalue weighted by atomic mass is 9.94. The van der Waals surface area contributed by atoms with Crippen LogP contribution in [-0.4, -0.2) is 24.1 Å². The maximum Gasteiger partial charge on any atom is 0.268 e. The number of halogens is 2. The van der Waals surface area contributed by atoms with Crippen LogP contribution in [0.3, 0.4) is 0 Å². The number of alkyl halides is 2. The summed E-state index contributed by atoms with van der Waals surface area (Å²) >= 11 is 0. The molecule has 3 nitrogen and oxygen atoms in total. The van der Waals surface area contributed by atoms with E-state index >= 15 is 0 Å². The van der Waals surface area contributed by atoms with Gasteiger partial charge in [0.25, 0.3) is 16.0 Å². The molecule has 0 aromatic heterocycles. The molecular formula is C4H6F2O3S. The zero-order valence-corrected chi connectivity index (χ0v) is 5.74. The molecule has 10 heavy (non-hydrogen) atoms. The fourth-order valence-electron chi connectivity index (χ4n) is 0.817. The predicted octanol–water partition coefficient (Wildman–Crippen LogP) is 0.672. The first kappa shape index (κ1) is 7.87. The minimum atomic E-state index is -4.22. The smallest absolute Gasteiger partial charge is 0.268 e. The third-order valence-electron chi connectivity index (χ3n) is 1.47. The first-order valence-corrected chi connectivity index (χ1v) is 4.16. The Bertz CT molecular complexity index is 225. The van der Waals surface area contributed by atoms with Crippen LogP contribution in [-0.2, 0) is 10.1 Å². The van der Waals surface area contributed by atoms with E-state index in [1.807, 2.05) is 0 Å². The molecule has 1 N–H and O–H groups in total. The van der Waals surface area contributed by atoms with E-state index in [-0.39, 0.29) is 0 Å². The van der Waals surface area contributed by atoms with E-state index in [4.69, 9.17) is 4.55 Å². The van der Waals surface area contributed by atoms with Crippen molar-refractivity contribution in [3.05, 3.63) is 0 Å². The van der Waals surface area contributed by atoms with Gasteiger partial charge >= 0.3 is 0 Å². The molecule has 0 atom stereocenters. The lowest BCUT2D eigenvalue weighted by Gasteiger charge is -2.32. The summed E-state index contributed by atoms with van der Waals surface area (Å²) in [4.78, 5) is 0. The van der Waals surface area contributed by atoms with Crippen LogP contribution >= 0.6 is 0 Å². The predicted molar refractivity (Wildman–Crippen MR) is 29.5 cm³/mol. The normalized spacial score (nSPS) is 25.9. The highest BCUT2D eigenvalue weighted by Crippen LogP contribution is 2.40. The molecule has 0 saturated heterocycles. The van der Waals surface area contributed by atoms with Crippen molar-refractivity contribution in [1.29, 1.82) is 0 Å². The van der Waals surface area contributed by atoms with Gasteiger partial charge < -0.3 is 0 Å². The van der Waals surface area contributed by atoms with Crippen molar-refractivity contribution in [3.63, 3.8) is 0 Å². The van der Waals surface area contributed by atoms with Crippen LogP contribution < -0.4 is 0 Å². The maximum absolute atomic E-state index is 11.9. The van der Waals surface area contributed by atoms with Gasteiger partial charge in [0, 0.05) is 12.8 Å². The van der Waals surface area contributed by atoms with E-state index in [1.54, 1.807) is 0 Å². The Hall–Kier alpha value is -0.230. The van der Waals surface area contributed by atoms with Crippen LogP contribution in [0.15, 0.2) is 0 Å². The second-order valence-corrected chi connectivity index (χ2v) is 4.10. The Morgan fingerprint density at radius 1 is 1.40 bits per heavy atom. The summed E-state index contributed by atoms with van der Waals surface area (Å²) in [5, 5.41) is -1.25. The zero-order valence-electron chi connectivity index (χ0n) is 4.92. The summed E-state index contributed by atoms with van der Waals surface area (Å²) in [6.07, 6.45) is -1.49. The summed E-state index contributed by atoms with van der Waals surface area (Å²) < 4.78 is 52.3. The van der Waals surface area contributed by atoms with Gasteiger partial charge in [-0.1, -0.05) is 0 Å². The molecule has 0 radical (unpaired) electrons. The summed E-state index contributed by atoms with van der Waals surface area (Å²) in [6.45, 7) is 0. The van der Waals surface area contributed by atoms with E-state index in [2.05, 4.69) is 0 Å². The molecule has 1 saturated carbocycles. The van der Waals surface area contributed by atoms with Crippen LogP contribution in [0.5, 0.6) is 0 Å². The van der Waals surface area contributed by atoms with Crippen LogP contribution in [0.2, 0.25) is 0 Å². The maximum atomic E-state index is 11.9. The zero-order chi connectivity index (χ0) is 7.99. The van der Waals surface area contributed by atoms with Gasteiger partial charge in [-0.25, -0.2) is 8.78 Å². The van der Waals surface area contributed by atoms with Gasteiger partial charge in [-0.05, 0) is 0 Å². The third-order valence-corrected chi connectivity index (χ3v) is 2.65. The van der Waals surface area contributed by atoms with Crippen LogP contribution in [0.4, 0.5) is 8.78 Å². The molecule has 6 heteroatoms. The first-order chi connectivity index (χ1) is 4.31. The van der Waals surface area contributed by atoms with Gasteiger partial charge in [0.15, 0.2) is 0 Å². The van der Waals surface area contributed by atoms with Crippen molar-refractivity contribution in [2.75, 3.05) is 0 Å². The van der Waals surface area contributed by atoms with Gasteiger partial charge in [-0.15, -0.1) is 0 Å². The average Bonchev–Trinajstić information content (AvgIpc) is 1.56. The Morgan fingerprint density at radius 3 is 1.90 bits per heavy atom. The molecule has 0 heterocycles. The average molecular weight is 172 g/mol. The molecule has 1 rings (SSSR count). The molecule has 1 aliphatic rings. The van der Waals surface area contributed by atoms with Gasteiger partial charge in [-0.2, -0.15) is 8.42 Å². The largest absolute Gasteiger partial charge is 0.285 e. The summed E-state index contributed by atoms with van der Waals surface area (Å²) in [6, 6.07) is 0. The monoisotopic (exact) mass is 172 g/mol. The highest BCUT2D eigenvalue weighted by atomic mass is 32.2. The van der Waals surface area contributed by atoms with Crippen molar-refractivity contribution in [2.24, 2.45) is 0 Å². The molecule has 0 aromatic rings. The van der Waals surface area contributed by atoms with E-state index in [0.29, 0.717) is 0 Å². The summed E-state index contributed by atoms with van der Waals surface area (Å²) in [5.74, 6) is -2.89. The molecule has 0 aromatic carbocycles. The summed E-state index contributed by atoms with van der Waals surface area (Å²) in [5.41, 5.74) is 0. The van der Waals surface area contributed by atoms with E-state index < -0.39 is 34.1 Å². The molecule has 1 fully saturated rings. The molecule has 60 valence electrons. The highest BCUT2D eigenvalue weighted by Gasteiger charge is 2.51. The number of hydrogen-bond donors (Lipinski definition) is 1. The SMILES string of the molecule is O=S(=O)(O)C1CC(F)(F)C1. The van der Waals surface area contributed by atoms with Crippen molar-refractivity contribution in [1.82, 2.24) is 0 Å².